The SMILES string of the molecule is CC(C)c1nc([C@H]2CCCN2C(=O)Cn2ncc3ccccc32)no1. The second kappa shape index (κ2) is 6.31. The van der Waals surface area contributed by atoms with E-state index in [1.165, 1.54) is 0 Å². The van der Waals surface area contributed by atoms with Gasteiger partial charge in [0.25, 0.3) is 0 Å². The van der Waals surface area contributed by atoms with Crippen LogP contribution in [0.15, 0.2) is 35.0 Å². The molecular weight excluding hydrogens is 318 g/mol. The molecule has 0 unspecified atom stereocenters. The number of rotatable bonds is 4. The molecule has 0 saturated carbocycles. The molecular formula is C18H21N5O2. The highest BCUT2D eigenvalue weighted by Crippen LogP contribution is 2.31. The Hall–Kier alpha value is -2.70. The molecule has 7 heteroatoms. The summed E-state index contributed by atoms with van der Waals surface area (Å²) in [6.45, 7) is 4.96. The molecule has 0 radical (unpaired) electrons. The van der Waals surface area contributed by atoms with Crippen molar-refractivity contribution in [3.8, 4) is 0 Å². The Morgan fingerprint density at radius 3 is 3.00 bits per heavy atom. The summed E-state index contributed by atoms with van der Waals surface area (Å²) in [6.07, 6.45) is 3.60. The molecule has 4 rings (SSSR count). The van der Waals surface area contributed by atoms with E-state index in [-0.39, 0.29) is 24.4 Å². The standard InChI is InChI=1S/C18H21N5O2/c1-12(2)18-20-17(21-25-18)15-8-5-9-22(15)16(24)11-23-14-7-4-3-6-13(14)10-19-23/h3-4,6-7,10,12,15H,5,8-9,11H2,1-2H3/t15-/m1/s1. The Bertz CT molecular complexity index is 898. The van der Waals surface area contributed by atoms with Crippen LogP contribution < -0.4 is 0 Å². The van der Waals surface area contributed by atoms with Crippen LogP contribution in [0.5, 0.6) is 0 Å². The average Bonchev–Trinajstić information content (AvgIpc) is 3.34. The summed E-state index contributed by atoms with van der Waals surface area (Å²) in [5, 5.41) is 9.48. The molecule has 0 N–H and O–H groups in total. The normalized spacial score (nSPS) is 17.7. The summed E-state index contributed by atoms with van der Waals surface area (Å²) in [5.74, 6) is 1.45. The summed E-state index contributed by atoms with van der Waals surface area (Å²) in [6, 6.07) is 7.79. The highest BCUT2D eigenvalue weighted by atomic mass is 16.5. The summed E-state index contributed by atoms with van der Waals surface area (Å²) >= 11 is 0. The molecule has 3 heterocycles. The van der Waals surface area contributed by atoms with Crippen molar-refractivity contribution in [3.05, 3.63) is 42.2 Å². The minimum absolute atomic E-state index is 0.0345. The van der Waals surface area contributed by atoms with Crippen LogP contribution >= 0.6 is 0 Å². The van der Waals surface area contributed by atoms with E-state index in [9.17, 15) is 4.79 Å². The molecule has 0 spiro atoms. The molecule has 1 aliphatic rings. The van der Waals surface area contributed by atoms with Gasteiger partial charge in [0, 0.05) is 17.8 Å². The first kappa shape index (κ1) is 15.8. The fraction of sp³-hybridized carbons (Fsp3) is 0.444. The van der Waals surface area contributed by atoms with Crippen LogP contribution in [0, 0.1) is 0 Å². The lowest BCUT2D eigenvalue weighted by molar-refractivity contribution is -0.133. The van der Waals surface area contributed by atoms with Crippen molar-refractivity contribution in [1.29, 1.82) is 0 Å². The van der Waals surface area contributed by atoms with E-state index in [2.05, 4.69) is 15.2 Å². The van der Waals surface area contributed by atoms with E-state index in [1.54, 1.807) is 10.9 Å². The Morgan fingerprint density at radius 1 is 1.36 bits per heavy atom. The van der Waals surface area contributed by atoms with Gasteiger partial charge in [0.15, 0.2) is 5.82 Å². The van der Waals surface area contributed by atoms with Gasteiger partial charge >= 0.3 is 0 Å². The number of fused-ring (bicyclic) bond motifs is 1. The molecule has 130 valence electrons. The molecule has 1 amide bonds. The van der Waals surface area contributed by atoms with Crippen molar-refractivity contribution in [2.24, 2.45) is 0 Å². The lowest BCUT2D eigenvalue weighted by atomic mass is 10.2. The monoisotopic (exact) mass is 339 g/mol. The van der Waals surface area contributed by atoms with Gasteiger partial charge < -0.3 is 9.42 Å². The van der Waals surface area contributed by atoms with Crippen LogP contribution in [0.4, 0.5) is 0 Å². The van der Waals surface area contributed by atoms with Crippen molar-refractivity contribution in [2.45, 2.75) is 45.2 Å². The molecule has 25 heavy (non-hydrogen) atoms. The lowest BCUT2D eigenvalue weighted by Crippen LogP contribution is -2.34. The zero-order valence-electron chi connectivity index (χ0n) is 14.4. The first-order valence-electron chi connectivity index (χ1n) is 8.67. The number of aromatic nitrogens is 4. The van der Waals surface area contributed by atoms with Gasteiger partial charge in [-0.15, -0.1) is 0 Å². The summed E-state index contributed by atoms with van der Waals surface area (Å²) in [4.78, 5) is 19.2. The quantitative estimate of drug-likeness (QED) is 0.730. The maximum absolute atomic E-state index is 12.9. The van der Waals surface area contributed by atoms with Crippen LogP contribution in [0.1, 0.15) is 50.4 Å². The van der Waals surface area contributed by atoms with Crippen molar-refractivity contribution < 1.29 is 9.32 Å². The van der Waals surface area contributed by atoms with Gasteiger partial charge in [-0.25, -0.2) is 0 Å². The average molecular weight is 339 g/mol. The van der Waals surface area contributed by atoms with E-state index in [0.29, 0.717) is 18.3 Å². The van der Waals surface area contributed by atoms with Gasteiger partial charge in [-0.2, -0.15) is 10.1 Å². The number of carbonyl (C=O) groups is 1. The zero-order chi connectivity index (χ0) is 17.4. The maximum Gasteiger partial charge on any atom is 0.244 e. The molecule has 0 bridgehead atoms. The number of hydrogen-bond acceptors (Lipinski definition) is 5. The van der Waals surface area contributed by atoms with E-state index >= 15 is 0 Å². The number of likely N-dealkylation sites (tertiary alicyclic amines) is 1. The fourth-order valence-electron chi connectivity index (χ4n) is 3.32. The number of carbonyl (C=O) groups excluding carboxylic acids is 1. The van der Waals surface area contributed by atoms with Crippen molar-refractivity contribution >= 4 is 16.8 Å². The molecule has 1 aliphatic heterocycles. The second-order valence-electron chi connectivity index (χ2n) is 6.75. The van der Waals surface area contributed by atoms with E-state index in [4.69, 9.17) is 4.52 Å². The molecule has 0 aliphatic carbocycles. The molecule has 7 nitrogen and oxygen atoms in total. The van der Waals surface area contributed by atoms with Crippen molar-refractivity contribution in [1.82, 2.24) is 24.8 Å². The number of amides is 1. The Morgan fingerprint density at radius 2 is 2.20 bits per heavy atom. The molecule has 1 atom stereocenters. The summed E-state index contributed by atoms with van der Waals surface area (Å²) in [7, 11) is 0. The second-order valence-corrected chi connectivity index (χ2v) is 6.75. The predicted octanol–water partition coefficient (Wildman–Crippen LogP) is 2.91. The Kier molecular flexibility index (Phi) is 3.99. The number of benzene rings is 1. The smallest absolute Gasteiger partial charge is 0.244 e. The molecule has 2 aromatic heterocycles. The Balaban J connectivity index is 1.54. The van der Waals surface area contributed by atoms with Gasteiger partial charge in [0.1, 0.15) is 6.54 Å². The molecule has 3 aromatic rings. The van der Waals surface area contributed by atoms with Gasteiger partial charge in [-0.3, -0.25) is 9.48 Å². The van der Waals surface area contributed by atoms with Gasteiger partial charge in [0.2, 0.25) is 11.8 Å². The number of hydrogen-bond donors (Lipinski definition) is 0. The van der Waals surface area contributed by atoms with E-state index in [0.717, 1.165) is 23.7 Å². The Labute approximate surface area is 145 Å². The zero-order valence-corrected chi connectivity index (χ0v) is 14.4. The first-order chi connectivity index (χ1) is 12.1. The molecule has 1 aromatic carbocycles. The topological polar surface area (TPSA) is 77.1 Å². The molecule has 1 saturated heterocycles. The summed E-state index contributed by atoms with van der Waals surface area (Å²) in [5.41, 5.74) is 0.966. The van der Waals surface area contributed by atoms with E-state index < -0.39 is 0 Å². The first-order valence-corrected chi connectivity index (χ1v) is 8.67. The van der Waals surface area contributed by atoms with Crippen molar-refractivity contribution in [3.63, 3.8) is 0 Å². The minimum Gasteiger partial charge on any atom is -0.339 e. The van der Waals surface area contributed by atoms with Gasteiger partial charge in [-0.1, -0.05) is 37.2 Å². The van der Waals surface area contributed by atoms with E-state index in [1.807, 2.05) is 43.0 Å². The number of para-hydroxylation sites is 1. The highest BCUT2D eigenvalue weighted by Gasteiger charge is 2.33. The maximum atomic E-state index is 12.9. The third-order valence-corrected chi connectivity index (χ3v) is 4.66. The van der Waals surface area contributed by atoms with Crippen LogP contribution in [-0.2, 0) is 11.3 Å². The molecule has 1 fully saturated rings. The van der Waals surface area contributed by atoms with Crippen molar-refractivity contribution in [2.75, 3.05) is 6.54 Å². The minimum atomic E-state index is -0.106. The third-order valence-electron chi connectivity index (χ3n) is 4.66. The fourth-order valence-corrected chi connectivity index (χ4v) is 3.32. The van der Waals surface area contributed by atoms with Gasteiger partial charge in [-0.05, 0) is 18.9 Å². The lowest BCUT2D eigenvalue weighted by Gasteiger charge is -2.22. The van der Waals surface area contributed by atoms with Crippen LogP contribution in [0.3, 0.4) is 0 Å². The predicted molar refractivity (Wildman–Crippen MR) is 91.8 cm³/mol. The third kappa shape index (κ3) is 2.90. The summed E-state index contributed by atoms with van der Waals surface area (Å²) < 4.78 is 7.07. The van der Waals surface area contributed by atoms with Crippen LogP contribution in [-0.4, -0.2) is 37.3 Å². The van der Waals surface area contributed by atoms with Crippen LogP contribution in [0.2, 0.25) is 0 Å². The number of nitrogens with zero attached hydrogens (tertiary/aromatic N) is 5. The van der Waals surface area contributed by atoms with Gasteiger partial charge in [0.05, 0.1) is 17.8 Å². The largest absolute Gasteiger partial charge is 0.339 e. The van der Waals surface area contributed by atoms with Crippen LogP contribution in [0.25, 0.3) is 10.9 Å². The highest BCUT2D eigenvalue weighted by molar-refractivity contribution is 5.82.